The molecule has 0 spiro atoms. The summed E-state index contributed by atoms with van der Waals surface area (Å²) in [5, 5.41) is 8.67. The van der Waals surface area contributed by atoms with Gasteiger partial charge in [0.15, 0.2) is 0 Å². The smallest absolute Gasteiger partial charge is 0.133 e. The maximum atomic E-state index is 5.04. The van der Waals surface area contributed by atoms with Crippen molar-refractivity contribution < 1.29 is 0 Å². The lowest BCUT2D eigenvalue weighted by molar-refractivity contribution is 0.552. The van der Waals surface area contributed by atoms with Crippen molar-refractivity contribution in [2.24, 2.45) is 0 Å². The van der Waals surface area contributed by atoms with Crippen LogP contribution in [0.15, 0.2) is 24.3 Å². The SMILES string of the molecule is CCc1ccccc1-n1nc(C(C)(C)C)c2c1NCCCC2. The van der Waals surface area contributed by atoms with E-state index in [-0.39, 0.29) is 5.41 Å². The van der Waals surface area contributed by atoms with Crippen molar-refractivity contribution in [1.82, 2.24) is 9.78 Å². The number of hydrogen-bond donors (Lipinski definition) is 1. The molecule has 1 aliphatic rings. The van der Waals surface area contributed by atoms with E-state index in [0.717, 1.165) is 19.4 Å². The zero-order valence-corrected chi connectivity index (χ0v) is 14.2. The molecule has 2 aromatic rings. The second kappa shape index (κ2) is 5.79. The number of aryl methyl sites for hydroxylation is 1. The topological polar surface area (TPSA) is 29.9 Å². The first-order valence-corrected chi connectivity index (χ1v) is 8.47. The third kappa shape index (κ3) is 2.65. The van der Waals surface area contributed by atoms with Gasteiger partial charge in [0, 0.05) is 17.5 Å². The van der Waals surface area contributed by atoms with Gasteiger partial charge in [-0.05, 0) is 37.3 Å². The Morgan fingerprint density at radius 1 is 1.18 bits per heavy atom. The molecule has 2 heterocycles. The van der Waals surface area contributed by atoms with E-state index in [1.807, 2.05) is 0 Å². The number of rotatable bonds is 2. The average Bonchev–Trinajstić information content (AvgIpc) is 2.69. The average molecular weight is 297 g/mol. The Bertz CT molecular complexity index is 662. The number of fused-ring (bicyclic) bond motifs is 1. The first-order chi connectivity index (χ1) is 10.5. The highest BCUT2D eigenvalue weighted by atomic mass is 15.3. The third-order valence-electron chi connectivity index (χ3n) is 4.44. The van der Waals surface area contributed by atoms with E-state index in [1.54, 1.807) is 0 Å². The van der Waals surface area contributed by atoms with Crippen molar-refractivity contribution in [2.45, 2.75) is 58.8 Å². The molecule has 0 bridgehead atoms. The molecule has 22 heavy (non-hydrogen) atoms. The molecule has 0 atom stereocenters. The molecule has 118 valence electrons. The highest BCUT2D eigenvalue weighted by Crippen LogP contribution is 2.35. The van der Waals surface area contributed by atoms with Gasteiger partial charge in [-0.15, -0.1) is 0 Å². The summed E-state index contributed by atoms with van der Waals surface area (Å²) in [6.45, 7) is 10.0. The largest absolute Gasteiger partial charge is 0.370 e. The maximum absolute atomic E-state index is 5.04. The van der Waals surface area contributed by atoms with Crippen molar-refractivity contribution in [2.75, 3.05) is 11.9 Å². The van der Waals surface area contributed by atoms with Gasteiger partial charge < -0.3 is 5.32 Å². The lowest BCUT2D eigenvalue weighted by atomic mass is 9.88. The van der Waals surface area contributed by atoms with Crippen LogP contribution in [0, 0.1) is 0 Å². The molecule has 1 aliphatic heterocycles. The Balaban J connectivity index is 2.22. The van der Waals surface area contributed by atoms with Gasteiger partial charge in [0.1, 0.15) is 5.82 Å². The Kier molecular flexibility index (Phi) is 3.98. The van der Waals surface area contributed by atoms with Crippen molar-refractivity contribution in [3.05, 3.63) is 41.1 Å². The minimum Gasteiger partial charge on any atom is -0.370 e. The zero-order valence-electron chi connectivity index (χ0n) is 14.2. The summed E-state index contributed by atoms with van der Waals surface area (Å²) in [6, 6.07) is 8.61. The minimum atomic E-state index is 0.0719. The molecule has 0 amide bonds. The fraction of sp³-hybridized carbons (Fsp3) is 0.526. The second-order valence-electron chi connectivity index (χ2n) is 7.20. The van der Waals surface area contributed by atoms with Crippen LogP contribution in [0.25, 0.3) is 5.69 Å². The van der Waals surface area contributed by atoms with Crippen LogP contribution in [-0.2, 0) is 18.3 Å². The predicted octanol–water partition coefficient (Wildman–Crippen LogP) is 4.48. The molecule has 1 aromatic carbocycles. The summed E-state index contributed by atoms with van der Waals surface area (Å²) in [5.41, 5.74) is 5.28. The summed E-state index contributed by atoms with van der Waals surface area (Å²) in [4.78, 5) is 0. The van der Waals surface area contributed by atoms with Crippen LogP contribution in [0.4, 0.5) is 5.82 Å². The van der Waals surface area contributed by atoms with Crippen molar-refractivity contribution >= 4 is 5.82 Å². The molecule has 0 unspecified atom stereocenters. The van der Waals surface area contributed by atoms with Crippen LogP contribution in [0.5, 0.6) is 0 Å². The maximum Gasteiger partial charge on any atom is 0.133 e. The van der Waals surface area contributed by atoms with Crippen LogP contribution >= 0.6 is 0 Å². The number of nitrogens with one attached hydrogen (secondary N) is 1. The van der Waals surface area contributed by atoms with Crippen LogP contribution in [-0.4, -0.2) is 16.3 Å². The summed E-state index contributed by atoms with van der Waals surface area (Å²) in [5.74, 6) is 1.21. The lowest BCUT2D eigenvalue weighted by Gasteiger charge is -2.17. The van der Waals surface area contributed by atoms with E-state index in [9.17, 15) is 0 Å². The van der Waals surface area contributed by atoms with Gasteiger partial charge in [-0.2, -0.15) is 5.10 Å². The monoisotopic (exact) mass is 297 g/mol. The van der Waals surface area contributed by atoms with Crippen molar-refractivity contribution in [3.8, 4) is 5.69 Å². The van der Waals surface area contributed by atoms with Gasteiger partial charge in [0.05, 0.1) is 11.4 Å². The molecule has 0 fully saturated rings. The molecule has 0 saturated carbocycles. The van der Waals surface area contributed by atoms with E-state index >= 15 is 0 Å². The molecule has 3 heteroatoms. The second-order valence-corrected chi connectivity index (χ2v) is 7.20. The zero-order chi connectivity index (χ0) is 15.7. The molecular formula is C19H27N3. The fourth-order valence-corrected chi connectivity index (χ4v) is 3.30. The number of benzene rings is 1. The van der Waals surface area contributed by atoms with Crippen molar-refractivity contribution in [1.29, 1.82) is 0 Å². The van der Waals surface area contributed by atoms with E-state index in [2.05, 4.69) is 62.0 Å². The Labute approximate surface area is 133 Å². The predicted molar refractivity (Wildman–Crippen MR) is 93.1 cm³/mol. The molecule has 0 aliphatic carbocycles. The minimum absolute atomic E-state index is 0.0719. The summed E-state index contributed by atoms with van der Waals surface area (Å²) < 4.78 is 2.15. The number of nitrogens with zero attached hydrogens (tertiary/aromatic N) is 2. The van der Waals surface area contributed by atoms with E-state index in [4.69, 9.17) is 5.10 Å². The molecule has 1 aromatic heterocycles. The van der Waals surface area contributed by atoms with Gasteiger partial charge in [0.2, 0.25) is 0 Å². The number of anilines is 1. The quantitative estimate of drug-likeness (QED) is 0.885. The number of para-hydroxylation sites is 1. The first-order valence-electron chi connectivity index (χ1n) is 8.47. The van der Waals surface area contributed by atoms with Crippen molar-refractivity contribution in [3.63, 3.8) is 0 Å². The molecule has 0 radical (unpaired) electrons. The Hall–Kier alpha value is -1.77. The first kappa shape index (κ1) is 15.1. The molecule has 3 rings (SSSR count). The summed E-state index contributed by atoms with van der Waals surface area (Å²) >= 11 is 0. The fourth-order valence-electron chi connectivity index (χ4n) is 3.30. The van der Waals surface area contributed by atoms with Gasteiger partial charge in [0.25, 0.3) is 0 Å². The van der Waals surface area contributed by atoms with Crippen LogP contribution in [0.1, 0.15) is 57.4 Å². The number of aromatic nitrogens is 2. The van der Waals surface area contributed by atoms with E-state index < -0.39 is 0 Å². The normalized spacial score (nSPS) is 15.1. The van der Waals surface area contributed by atoms with E-state index in [1.165, 1.54) is 41.2 Å². The van der Waals surface area contributed by atoms with Crippen LogP contribution < -0.4 is 5.32 Å². The summed E-state index contributed by atoms with van der Waals surface area (Å²) in [7, 11) is 0. The number of hydrogen-bond acceptors (Lipinski definition) is 2. The molecule has 3 nitrogen and oxygen atoms in total. The van der Waals surface area contributed by atoms with Crippen LogP contribution in [0.2, 0.25) is 0 Å². The van der Waals surface area contributed by atoms with Crippen LogP contribution in [0.3, 0.4) is 0 Å². The highest BCUT2D eigenvalue weighted by molar-refractivity contribution is 5.57. The Morgan fingerprint density at radius 3 is 2.68 bits per heavy atom. The van der Waals surface area contributed by atoms with E-state index in [0.29, 0.717) is 0 Å². The molecular weight excluding hydrogens is 270 g/mol. The third-order valence-corrected chi connectivity index (χ3v) is 4.44. The van der Waals surface area contributed by atoms with Gasteiger partial charge in [-0.3, -0.25) is 0 Å². The standard InChI is InChI=1S/C19H27N3/c1-5-14-10-6-7-12-16(14)22-18-15(11-8-9-13-20-18)17(21-22)19(2,3)4/h6-7,10,12,20H,5,8-9,11,13H2,1-4H3. The lowest BCUT2D eigenvalue weighted by Crippen LogP contribution is -2.15. The van der Waals surface area contributed by atoms with Gasteiger partial charge >= 0.3 is 0 Å². The molecule has 1 N–H and O–H groups in total. The summed E-state index contributed by atoms with van der Waals surface area (Å²) in [6.07, 6.45) is 4.62. The van der Waals surface area contributed by atoms with Gasteiger partial charge in [-0.25, -0.2) is 4.68 Å². The Morgan fingerprint density at radius 2 is 1.95 bits per heavy atom. The van der Waals surface area contributed by atoms with Gasteiger partial charge in [-0.1, -0.05) is 45.9 Å². The molecule has 0 saturated heterocycles. The highest BCUT2D eigenvalue weighted by Gasteiger charge is 2.28.